The minimum absolute atomic E-state index is 0.00758. The molecule has 1 fully saturated rings. The number of ether oxygens (including phenoxy) is 2. The van der Waals surface area contributed by atoms with Crippen LogP contribution < -0.4 is 0 Å². The molecule has 1 unspecified atom stereocenters. The molecule has 0 heterocycles. The maximum atomic E-state index is 12.1. The highest BCUT2D eigenvalue weighted by molar-refractivity contribution is 5.71. The average molecular weight is 765 g/mol. The van der Waals surface area contributed by atoms with Gasteiger partial charge in [0, 0.05) is 18.8 Å². The van der Waals surface area contributed by atoms with E-state index >= 15 is 0 Å². The lowest BCUT2D eigenvalue weighted by atomic mass is 9.89. The number of esters is 2. The molecule has 8 heteroatoms. The molecule has 4 N–H and O–H groups in total. The molecule has 54 heavy (non-hydrogen) atoms. The summed E-state index contributed by atoms with van der Waals surface area (Å²) in [5, 5.41) is 41.2. The van der Waals surface area contributed by atoms with Gasteiger partial charge in [-0.15, -0.1) is 0 Å². The van der Waals surface area contributed by atoms with Gasteiger partial charge in [-0.2, -0.15) is 0 Å². The topological polar surface area (TPSA) is 134 Å². The van der Waals surface area contributed by atoms with Crippen molar-refractivity contribution in [2.24, 2.45) is 17.8 Å². The van der Waals surface area contributed by atoms with Gasteiger partial charge in [-0.05, 0) is 31.1 Å². The number of aliphatic hydroxyl groups is 4. The van der Waals surface area contributed by atoms with Crippen molar-refractivity contribution < 1.29 is 39.5 Å². The average Bonchev–Trinajstić information content (AvgIpc) is 3.43. The van der Waals surface area contributed by atoms with Gasteiger partial charge in [0.25, 0.3) is 0 Å². The molecule has 8 nitrogen and oxygen atoms in total. The molecule has 0 spiro atoms. The van der Waals surface area contributed by atoms with Crippen molar-refractivity contribution in [3.05, 3.63) is 24.3 Å². The van der Waals surface area contributed by atoms with E-state index in [1.165, 1.54) is 109 Å². The van der Waals surface area contributed by atoms with Gasteiger partial charge in [-0.25, -0.2) is 0 Å². The molecule has 0 aromatic carbocycles. The molecule has 0 saturated heterocycles. The van der Waals surface area contributed by atoms with Crippen LogP contribution >= 0.6 is 0 Å². The lowest BCUT2D eigenvalue weighted by molar-refractivity contribution is -0.151. The van der Waals surface area contributed by atoms with Gasteiger partial charge in [-0.1, -0.05) is 186 Å². The SMILES string of the molecule is CCCCC[C@@H](O)/C=C/[C@@H]1[C@H](C/C=C\CC(=O)OC[C@H](O)COC(=O)CCCCCCCCCCCCCCCCCCCCC(C)CC)[C@@H](O)C[C@H]1O. The van der Waals surface area contributed by atoms with Gasteiger partial charge in [0.2, 0.25) is 0 Å². The summed E-state index contributed by atoms with van der Waals surface area (Å²) in [5.41, 5.74) is 0. The fraction of sp³-hybridized carbons (Fsp3) is 0.870. The Morgan fingerprint density at radius 1 is 0.648 bits per heavy atom. The predicted molar refractivity (Wildman–Crippen MR) is 221 cm³/mol. The second kappa shape index (κ2) is 34.5. The first-order valence-electron chi connectivity index (χ1n) is 22.5. The predicted octanol–water partition coefficient (Wildman–Crippen LogP) is 10.5. The highest BCUT2D eigenvalue weighted by atomic mass is 16.6. The van der Waals surface area contributed by atoms with Crippen molar-refractivity contribution in [1.29, 1.82) is 0 Å². The Labute approximate surface area is 331 Å². The van der Waals surface area contributed by atoms with Crippen molar-refractivity contribution >= 4 is 11.9 Å². The summed E-state index contributed by atoms with van der Waals surface area (Å²) >= 11 is 0. The molecule has 1 rings (SSSR count). The van der Waals surface area contributed by atoms with Gasteiger partial charge in [0.15, 0.2) is 0 Å². The first-order valence-corrected chi connectivity index (χ1v) is 22.5. The minimum atomic E-state index is -1.08. The Kier molecular flexibility index (Phi) is 32.1. The van der Waals surface area contributed by atoms with Crippen LogP contribution in [-0.2, 0) is 19.1 Å². The fourth-order valence-corrected chi connectivity index (χ4v) is 7.45. The summed E-state index contributed by atoms with van der Waals surface area (Å²) in [6.07, 6.45) is 35.1. The Morgan fingerprint density at radius 3 is 1.69 bits per heavy atom. The maximum Gasteiger partial charge on any atom is 0.309 e. The van der Waals surface area contributed by atoms with Crippen LogP contribution in [-0.4, -0.2) is 70.0 Å². The van der Waals surface area contributed by atoms with Crippen LogP contribution in [0.4, 0.5) is 0 Å². The van der Waals surface area contributed by atoms with E-state index in [9.17, 15) is 30.0 Å². The van der Waals surface area contributed by atoms with Crippen LogP contribution in [0.15, 0.2) is 24.3 Å². The largest absolute Gasteiger partial charge is 0.463 e. The molecule has 0 bridgehead atoms. The monoisotopic (exact) mass is 765 g/mol. The fourth-order valence-electron chi connectivity index (χ4n) is 7.45. The van der Waals surface area contributed by atoms with E-state index in [4.69, 9.17) is 9.47 Å². The summed E-state index contributed by atoms with van der Waals surface area (Å²) < 4.78 is 10.3. The normalized spacial score (nSPS) is 20.5. The van der Waals surface area contributed by atoms with E-state index in [1.54, 1.807) is 18.2 Å². The van der Waals surface area contributed by atoms with Gasteiger partial charge in [-0.3, -0.25) is 9.59 Å². The van der Waals surface area contributed by atoms with Gasteiger partial charge in [0.05, 0.1) is 24.7 Å². The lowest BCUT2D eigenvalue weighted by Crippen LogP contribution is -2.25. The highest BCUT2D eigenvalue weighted by Crippen LogP contribution is 2.36. The zero-order chi connectivity index (χ0) is 39.7. The second-order valence-electron chi connectivity index (χ2n) is 16.4. The smallest absolute Gasteiger partial charge is 0.309 e. The molecule has 1 aliphatic rings. The number of aliphatic hydroxyl groups excluding tert-OH is 4. The van der Waals surface area contributed by atoms with E-state index in [-0.39, 0.29) is 43.9 Å². The van der Waals surface area contributed by atoms with Crippen molar-refractivity contribution in [2.45, 2.75) is 225 Å². The Morgan fingerprint density at radius 2 is 1.15 bits per heavy atom. The quantitative estimate of drug-likeness (QED) is 0.0281. The van der Waals surface area contributed by atoms with Crippen LogP contribution in [0.25, 0.3) is 0 Å². The maximum absolute atomic E-state index is 12.1. The third-order valence-corrected chi connectivity index (χ3v) is 11.3. The lowest BCUT2D eigenvalue weighted by Gasteiger charge is -2.19. The molecular weight excluding hydrogens is 680 g/mol. The summed E-state index contributed by atoms with van der Waals surface area (Å²) in [6, 6.07) is 0. The highest BCUT2D eigenvalue weighted by Gasteiger charge is 2.39. The number of carbonyl (C=O) groups excluding carboxylic acids is 2. The zero-order valence-corrected chi connectivity index (χ0v) is 35.0. The zero-order valence-electron chi connectivity index (χ0n) is 35.0. The summed E-state index contributed by atoms with van der Waals surface area (Å²) in [4.78, 5) is 24.2. The molecule has 0 aliphatic heterocycles. The standard InChI is InChI=1S/C46H84O8/c1-4-6-23-29-39(47)33-34-42-41(43(49)35-44(42)50)30-26-27-32-46(52)54-37-40(48)36-53-45(51)31-25-22-20-18-16-14-12-10-8-7-9-11-13-15-17-19-21-24-28-38(3)5-2/h26-27,33-34,38-44,47-50H,4-25,28-32,35-37H2,1-3H3/b27-26-,34-33+/t38?,39-,40-,41+,42-,43+,44-/m1/s1. The first-order chi connectivity index (χ1) is 26.2. The van der Waals surface area contributed by atoms with Crippen LogP contribution in [0.3, 0.4) is 0 Å². The second-order valence-corrected chi connectivity index (χ2v) is 16.4. The Bertz CT molecular complexity index is 951. The number of hydrogen-bond donors (Lipinski definition) is 4. The summed E-state index contributed by atoms with van der Waals surface area (Å²) in [7, 11) is 0. The number of unbranched alkanes of at least 4 members (excludes halogenated alkanes) is 19. The molecule has 1 saturated carbocycles. The Balaban J connectivity index is 1.97. The van der Waals surface area contributed by atoms with Crippen LogP contribution in [0, 0.1) is 17.8 Å². The minimum Gasteiger partial charge on any atom is -0.463 e. The molecule has 0 aromatic rings. The van der Waals surface area contributed by atoms with E-state index in [0.717, 1.165) is 44.4 Å². The van der Waals surface area contributed by atoms with Crippen LogP contribution in [0.5, 0.6) is 0 Å². The first kappa shape index (κ1) is 50.3. The molecule has 7 atom stereocenters. The van der Waals surface area contributed by atoms with Crippen LogP contribution in [0.1, 0.15) is 201 Å². The van der Waals surface area contributed by atoms with Crippen molar-refractivity contribution in [3.8, 4) is 0 Å². The number of rotatable bonds is 36. The third-order valence-electron chi connectivity index (χ3n) is 11.3. The molecule has 0 amide bonds. The van der Waals surface area contributed by atoms with Gasteiger partial charge >= 0.3 is 11.9 Å². The van der Waals surface area contributed by atoms with Gasteiger partial charge in [0.1, 0.15) is 19.3 Å². The molecule has 0 radical (unpaired) electrons. The Hall–Kier alpha value is -1.74. The third kappa shape index (κ3) is 27.8. The van der Waals surface area contributed by atoms with Crippen molar-refractivity contribution in [3.63, 3.8) is 0 Å². The molecule has 1 aliphatic carbocycles. The molecule has 0 aromatic heterocycles. The number of carbonyl (C=O) groups is 2. The van der Waals surface area contributed by atoms with E-state index in [1.807, 2.05) is 6.08 Å². The van der Waals surface area contributed by atoms with E-state index < -0.39 is 30.4 Å². The van der Waals surface area contributed by atoms with E-state index in [2.05, 4.69) is 20.8 Å². The summed E-state index contributed by atoms with van der Waals surface area (Å²) in [5.74, 6) is -0.418. The summed E-state index contributed by atoms with van der Waals surface area (Å²) in [6.45, 7) is 6.33. The van der Waals surface area contributed by atoms with Gasteiger partial charge < -0.3 is 29.9 Å². The van der Waals surface area contributed by atoms with Crippen molar-refractivity contribution in [1.82, 2.24) is 0 Å². The van der Waals surface area contributed by atoms with E-state index in [0.29, 0.717) is 19.3 Å². The number of hydrogen-bond acceptors (Lipinski definition) is 8. The van der Waals surface area contributed by atoms with Crippen LogP contribution in [0.2, 0.25) is 0 Å². The molecular formula is C46H84O8. The molecule has 316 valence electrons. The number of allylic oxidation sites excluding steroid dienone is 1. The van der Waals surface area contributed by atoms with Crippen molar-refractivity contribution in [2.75, 3.05) is 13.2 Å².